The van der Waals surface area contributed by atoms with E-state index in [1.54, 1.807) is 0 Å². The highest BCUT2D eigenvalue weighted by atomic mass is 19.4. The third-order valence-electron chi connectivity index (χ3n) is 3.95. The fraction of sp³-hybridized carbons (Fsp3) is 0.769. The van der Waals surface area contributed by atoms with Crippen LogP contribution in [0.5, 0.6) is 0 Å². The first-order valence-electron chi connectivity index (χ1n) is 7.40. The molecule has 0 unspecified atom stereocenters. The number of halogens is 13. The molecule has 17 heteroatoms. The van der Waals surface area contributed by atoms with Crippen LogP contribution in [0, 0.1) is 0 Å². The summed E-state index contributed by atoms with van der Waals surface area (Å²) in [6, 6.07) is 0. The monoisotopic (exact) mass is 473 g/mol. The Hall–Kier alpha value is -2.10. The van der Waals surface area contributed by atoms with Crippen molar-refractivity contribution in [2.24, 2.45) is 0 Å². The van der Waals surface area contributed by atoms with E-state index in [2.05, 4.69) is 0 Å². The minimum Gasteiger partial charge on any atom is -0.274 e. The van der Waals surface area contributed by atoms with Gasteiger partial charge in [0.25, 0.3) is 0 Å². The number of hydrogen-bond acceptors (Lipinski definition) is 3. The van der Waals surface area contributed by atoms with Crippen molar-refractivity contribution in [1.82, 2.24) is 4.90 Å². The van der Waals surface area contributed by atoms with Gasteiger partial charge in [0.15, 0.2) is 0 Å². The largest absolute Gasteiger partial charge is 0.460 e. The maximum Gasteiger partial charge on any atom is 0.460 e. The molecule has 0 aromatic heterocycles. The summed E-state index contributed by atoms with van der Waals surface area (Å²) in [5, 5.41) is 0. The molecular weight excluding hydrogens is 465 g/mol. The van der Waals surface area contributed by atoms with E-state index in [-0.39, 0.29) is 4.90 Å². The first-order valence-corrected chi connectivity index (χ1v) is 7.40. The van der Waals surface area contributed by atoms with Crippen molar-refractivity contribution in [2.75, 3.05) is 0 Å². The molecule has 0 atom stereocenters. The van der Waals surface area contributed by atoms with Crippen LogP contribution in [0.4, 0.5) is 57.1 Å². The summed E-state index contributed by atoms with van der Waals surface area (Å²) in [5.41, 5.74) is 0. The van der Waals surface area contributed by atoms with E-state index < -0.39 is 79.2 Å². The normalized spacial score (nSPS) is 17.7. The van der Waals surface area contributed by atoms with Crippen molar-refractivity contribution in [1.29, 1.82) is 0 Å². The van der Waals surface area contributed by atoms with E-state index in [0.29, 0.717) is 0 Å². The van der Waals surface area contributed by atoms with Crippen molar-refractivity contribution in [2.45, 2.75) is 61.5 Å². The highest BCUT2D eigenvalue weighted by Crippen LogP contribution is 2.60. The van der Waals surface area contributed by atoms with Gasteiger partial charge in [-0.1, -0.05) is 0 Å². The van der Waals surface area contributed by atoms with Gasteiger partial charge in [-0.2, -0.15) is 57.1 Å². The zero-order valence-electron chi connectivity index (χ0n) is 13.9. The van der Waals surface area contributed by atoms with Crippen LogP contribution in [-0.4, -0.2) is 58.4 Å². The molecule has 1 heterocycles. The summed E-state index contributed by atoms with van der Waals surface area (Å²) < 4.78 is 168. The van der Waals surface area contributed by atoms with Crippen LogP contribution in [0.2, 0.25) is 0 Å². The molecular formula is C13H8F13NO3. The van der Waals surface area contributed by atoms with Crippen LogP contribution in [-0.2, 0) is 14.4 Å². The quantitative estimate of drug-likeness (QED) is 0.412. The average molecular weight is 473 g/mol. The van der Waals surface area contributed by atoms with Gasteiger partial charge in [-0.15, -0.1) is 0 Å². The van der Waals surface area contributed by atoms with E-state index in [1.165, 1.54) is 0 Å². The fourth-order valence-corrected chi connectivity index (χ4v) is 2.19. The van der Waals surface area contributed by atoms with Gasteiger partial charge in [0.05, 0.1) is 0 Å². The summed E-state index contributed by atoms with van der Waals surface area (Å²) in [6.45, 7) is 0. The summed E-state index contributed by atoms with van der Waals surface area (Å²) in [5.74, 6) is -42.3. The second-order valence-electron chi connectivity index (χ2n) is 6.02. The minimum atomic E-state index is -8.03. The zero-order valence-corrected chi connectivity index (χ0v) is 13.9. The second-order valence-corrected chi connectivity index (χ2v) is 6.02. The number of alkyl halides is 13. The molecule has 30 heavy (non-hydrogen) atoms. The standard InChI is InChI=1S/C13H8F13NO3/c14-8(15,4-3-7(30)27-5(28)1-2-6(27)29)9(16,17)10(18,19)11(20,21)12(22,23)13(24,25)26/h1-4H2. The third-order valence-corrected chi connectivity index (χ3v) is 3.95. The van der Waals surface area contributed by atoms with Gasteiger partial charge in [-0.3, -0.25) is 14.4 Å². The molecule has 0 spiro atoms. The first kappa shape index (κ1) is 25.9. The predicted octanol–water partition coefficient (Wildman–Crippen LogP) is 4.18. The molecule has 0 bridgehead atoms. The molecule has 3 amide bonds. The molecule has 1 aliphatic heterocycles. The van der Waals surface area contributed by atoms with Crippen molar-refractivity contribution in [3.63, 3.8) is 0 Å². The van der Waals surface area contributed by atoms with E-state index in [1.807, 2.05) is 0 Å². The predicted molar refractivity (Wildman–Crippen MR) is 66.1 cm³/mol. The molecule has 0 N–H and O–H groups in total. The van der Waals surface area contributed by atoms with Gasteiger partial charge in [-0.25, -0.2) is 4.90 Å². The number of carbonyl (C=O) groups excluding carboxylic acids is 3. The van der Waals surface area contributed by atoms with Crippen LogP contribution in [0.3, 0.4) is 0 Å². The van der Waals surface area contributed by atoms with Crippen molar-refractivity contribution >= 4 is 17.7 Å². The highest BCUT2D eigenvalue weighted by Gasteiger charge is 2.90. The van der Waals surface area contributed by atoms with Crippen LogP contribution in [0.15, 0.2) is 0 Å². The topological polar surface area (TPSA) is 54.5 Å². The van der Waals surface area contributed by atoms with Crippen molar-refractivity contribution in [3.05, 3.63) is 0 Å². The van der Waals surface area contributed by atoms with Gasteiger partial charge in [0.1, 0.15) is 0 Å². The second kappa shape index (κ2) is 7.25. The summed E-state index contributed by atoms with van der Waals surface area (Å²) in [6.07, 6.45) is -13.5. The Morgan fingerprint density at radius 3 is 1.40 bits per heavy atom. The van der Waals surface area contributed by atoms with E-state index >= 15 is 0 Å². The Morgan fingerprint density at radius 1 is 0.667 bits per heavy atom. The van der Waals surface area contributed by atoms with Gasteiger partial charge in [0.2, 0.25) is 17.7 Å². The highest BCUT2D eigenvalue weighted by molar-refractivity contribution is 6.14. The maximum atomic E-state index is 13.5. The van der Waals surface area contributed by atoms with Crippen molar-refractivity contribution in [3.8, 4) is 0 Å². The van der Waals surface area contributed by atoms with E-state index in [4.69, 9.17) is 0 Å². The molecule has 174 valence electrons. The Bertz CT molecular complexity index is 712. The lowest BCUT2D eigenvalue weighted by Gasteiger charge is -2.39. The number of hydrogen-bond donors (Lipinski definition) is 0. The Balaban J connectivity index is 3.18. The molecule has 1 rings (SSSR count). The minimum absolute atomic E-state index is 0.307. The van der Waals surface area contributed by atoms with Gasteiger partial charge in [0, 0.05) is 25.7 Å². The molecule has 0 aromatic rings. The third kappa shape index (κ3) is 3.70. The molecule has 0 radical (unpaired) electrons. The van der Waals surface area contributed by atoms with Crippen LogP contribution in [0.1, 0.15) is 25.7 Å². The molecule has 4 nitrogen and oxygen atoms in total. The first-order chi connectivity index (χ1) is 13.1. The summed E-state index contributed by atoms with van der Waals surface area (Å²) in [4.78, 5) is 33.5. The fourth-order valence-electron chi connectivity index (χ4n) is 2.19. The molecule has 1 fully saturated rings. The lowest BCUT2D eigenvalue weighted by Crippen LogP contribution is -2.70. The number of nitrogens with zero attached hydrogens (tertiary/aromatic N) is 1. The number of carbonyl (C=O) groups is 3. The number of amides is 3. The van der Waals surface area contributed by atoms with Crippen LogP contribution >= 0.6 is 0 Å². The van der Waals surface area contributed by atoms with E-state index in [9.17, 15) is 71.5 Å². The molecule has 1 saturated heterocycles. The van der Waals surface area contributed by atoms with Crippen LogP contribution in [0.25, 0.3) is 0 Å². The Morgan fingerprint density at radius 2 is 1.03 bits per heavy atom. The maximum absolute atomic E-state index is 13.5. The number of rotatable bonds is 7. The van der Waals surface area contributed by atoms with Crippen molar-refractivity contribution < 1.29 is 71.5 Å². The number of imide groups is 3. The smallest absolute Gasteiger partial charge is 0.274 e. The zero-order chi connectivity index (χ0) is 24.1. The van der Waals surface area contributed by atoms with E-state index in [0.717, 1.165) is 0 Å². The Kier molecular flexibility index (Phi) is 6.27. The molecule has 1 aliphatic rings. The lowest BCUT2D eigenvalue weighted by atomic mass is 9.92. The average Bonchev–Trinajstić information content (AvgIpc) is 2.89. The summed E-state index contributed by atoms with van der Waals surface area (Å²) >= 11 is 0. The van der Waals surface area contributed by atoms with Crippen LogP contribution < -0.4 is 0 Å². The molecule has 0 saturated carbocycles. The van der Waals surface area contributed by atoms with Gasteiger partial charge in [-0.05, 0) is 0 Å². The molecule has 0 aromatic carbocycles. The van der Waals surface area contributed by atoms with Gasteiger partial charge >= 0.3 is 35.8 Å². The lowest BCUT2D eigenvalue weighted by molar-refractivity contribution is -0.440. The van der Waals surface area contributed by atoms with Gasteiger partial charge < -0.3 is 0 Å². The molecule has 0 aliphatic carbocycles. The SMILES string of the molecule is O=C1CCC(=O)N1C(=O)CCC(F)(F)C(F)(F)C(F)(F)C(F)(F)C(F)(F)C(F)(F)F. The Labute approximate surface area is 157 Å². The number of likely N-dealkylation sites (tertiary alicyclic amines) is 1. The summed E-state index contributed by atoms with van der Waals surface area (Å²) in [7, 11) is 0.